The van der Waals surface area contributed by atoms with Crippen LogP contribution in [-0.4, -0.2) is 0 Å². The van der Waals surface area contributed by atoms with Crippen LogP contribution in [-0.2, 0) is 0 Å². The van der Waals surface area contributed by atoms with Crippen molar-refractivity contribution in [2.75, 3.05) is 5.32 Å². The molecule has 1 nitrogen and oxygen atoms in total. The minimum atomic E-state index is -0.285. The summed E-state index contributed by atoms with van der Waals surface area (Å²) in [7, 11) is 0. The SMILES string of the molecule is Fc1ccc(C(Nc2ccc(Br)cc2F)C2CC2)cc1. The Morgan fingerprint density at radius 2 is 1.75 bits per heavy atom. The first-order valence-corrected chi connectivity index (χ1v) is 7.40. The normalized spacial score (nSPS) is 15.9. The van der Waals surface area contributed by atoms with Crippen molar-refractivity contribution in [1.82, 2.24) is 0 Å². The van der Waals surface area contributed by atoms with Crippen LogP contribution in [0.15, 0.2) is 46.9 Å². The Labute approximate surface area is 125 Å². The van der Waals surface area contributed by atoms with E-state index in [1.54, 1.807) is 24.3 Å². The Morgan fingerprint density at radius 1 is 1.05 bits per heavy atom. The molecule has 0 bridgehead atoms. The lowest BCUT2D eigenvalue weighted by Crippen LogP contribution is -2.13. The van der Waals surface area contributed by atoms with Crippen molar-refractivity contribution in [1.29, 1.82) is 0 Å². The van der Waals surface area contributed by atoms with E-state index >= 15 is 0 Å². The average Bonchev–Trinajstić information content (AvgIpc) is 3.24. The van der Waals surface area contributed by atoms with Gasteiger partial charge < -0.3 is 5.32 Å². The molecule has 0 saturated heterocycles. The third kappa shape index (κ3) is 3.01. The summed E-state index contributed by atoms with van der Waals surface area (Å²) in [6.45, 7) is 0. The maximum atomic E-state index is 13.9. The fourth-order valence-electron chi connectivity index (χ4n) is 2.35. The van der Waals surface area contributed by atoms with Crippen LogP contribution in [0.2, 0.25) is 0 Å². The van der Waals surface area contributed by atoms with Gasteiger partial charge in [0, 0.05) is 4.47 Å². The number of anilines is 1. The minimum absolute atomic E-state index is 0.0336. The molecule has 1 aliphatic rings. The molecule has 1 unspecified atom stereocenters. The summed E-state index contributed by atoms with van der Waals surface area (Å²) in [5.74, 6) is -0.0474. The first-order chi connectivity index (χ1) is 9.63. The molecule has 1 N–H and O–H groups in total. The zero-order valence-electron chi connectivity index (χ0n) is 10.7. The Morgan fingerprint density at radius 3 is 2.35 bits per heavy atom. The van der Waals surface area contributed by atoms with E-state index in [2.05, 4.69) is 21.2 Å². The monoisotopic (exact) mass is 337 g/mol. The zero-order chi connectivity index (χ0) is 14.1. The molecule has 0 spiro atoms. The van der Waals surface area contributed by atoms with Crippen molar-refractivity contribution in [3.05, 3.63) is 64.1 Å². The van der Waals surface area contributed by atoms with Crippen LogP contribution in [0.3, 0.4) is 0 Å². The van der Waals surface area contributed by atoms with Gasteiger partial charge in [-0.25, -0.2) is 8.78 Å². The molecule has 1 aliphatic carbocycles. The average molecular weight is 338 g/mol. The van der Waals surface area contributed by atoms with Gasteiger partial charge in [0.1, 0.15) is 11.6 Å². The molecule has 20 heavy (non-hydrogen) atoms. The Balaban J connectivity index is 1.86. The van der Waals surface area contributed by atoms with Gasteiger partial charge in [0.25, 0.3) is 0 Å². The summed E-state index contributed by atoms with van der Waals surface area (Å²) in [6, 6.07) is 11.4. The predicted molar refractivity (Wildman–Crippen MR) is 79.6 cm³/mol. The van der Waals surface area contributed by atoms with E-state index in [0.29, 0.717) is 16.1 Å². The molecule has 0 amide bonds. The number of benzene rings is 2. The number of rotatable bonds is 4. The minimum Gasteiger partial charge on any atom is -0.376 e. The van der Waals surface area contributed by atoms with Crippen molar-refractivity contribution < 1.29 is 8.78 Å². The van der Waals surface area contributed by atoms with Crippen molar-refractivity contribution in [2.24, 2.45) is 5.92 Å². The molecule has 2 aromatic rings. The standard InChI is InChI=1S/C16H14BrF2N/c17-12-5-8-15(14(19)9-12)20-16(10-1-2-10)11-3-6-13(18)7-4-11/h3-10,16,20H,1-2H2. The lowest BCUT2D eigenvalue weighted by Gasteiger charge is -2.20. The third-order valence-corrected chi connectivity index (χ3v) is 4.06. The molecule has 0 heterocycles. The van der Waals surface area contributed by atoms with Gasteiger partial charge in [-0.3, -0.25) is 0 Å². The molecule has 1 fully saturated rings. The number of halogens is 3. The topological polar surface area (TPSA) is 12.0 Å². The van der Waals surface area contributed by atoms with Gasteiger partial charge in [-0.15, -0.1) is 0 Å². The van der Waals surface area contributed by atoms with E-state index in [1.165, 1.54) is 18.2 Å². The van der Waals surface area contributed by atoms with Gasteiger partial charge in [-0.05, 0) is 54.7 Å². The van der Waals surface area contributed by atoms with Gasteiger partial charge in [0.15, 0.2) is 0 Å². The van der Waals surface area contributed by atoms with Crippen LogP contribution in [0.5, 0.6) is 0 Å². The molecule has 0 aromatic heterocycles. The Hall–Kier alpha value is -1.42. The van der Waals surface area contributed by atoms with Gasteiger partial charge in [-0.2, -0.15) is 0 Å². The van der Waals surface area contributed by atoms with E-state index in [4.69, 9.17) is 0 Å². The van der Waals surface area contributed by atoms with E-state index in [1.807, 2.05) is 0 Å². The van der Waals surface area contributed by atoms with Crippen LogP contribution in [0.1, 0.15) is 24.4 Å². The molecule has 0 radical (unpaired) electrons. The van der Waals surface area contributed by atoms with Gasteiger partial charge in [0.2, 0.25) is 0 Å². The summed E-state index contributed by atoms with van der Waals surface area (Å²) in [5, 5.41) is 3.25. The summed E-state index contributed by atoms with van der Waals surface area (Å²) in [4.78, 5) is 0. The second kappa shape index (κ2) is 5.52. The third-order valence-electron chi connectivity index (χ3n) is 3.56. The first-order valence-electron chi connectivity index (χ1n) is 6.60. The maximum absolute atomic E-state index is 13.9. The smallest absolute Gasteiger partial charge is 0.147 e. The fraction of sp³-hybridized carbons (Fsp3) is 0.250. The summed E-state index contributed by atoms with van der Waals surface area (Å²) < 4.78 is 27.7. The first kappa shape index (κ1) is 13.6. The van der Waals surface area contributed by atoms with Crippen molar-refractivity contribution in [3.8, 4) is 0 Å². The summed E-state index contributed by atoms with van der Waals surface area (Å²) >= 11 is 3.25. The molecular weight excluding hydrogens is 324 g/mol. The van der Waals surface area contributed by atoms with Crippen molar-refractivity contribution in [2.45, 2.75) is 18.9 Å². The molecule has 104 valence electrons. The Kier molecular flexibility index (Phi) is 3.74. The second-order valence-electron chi connectivity index (χ2n) is 5.14. The Bertz CT molecular complexity index is 608. The van der Waals surface area contributed by atoms with Crippen LogP contribution < -0.4 is 5.32 Å². The lowest BCUT2D eigenvalue weighted by atomic mass is 10.0. The van der Waals surface area contributed by atoms with E-state index in [9.17, 15) is 8.78 Å². The number of nitrogens with one attached hydrogen (secondary N) is 1. The van der Waals surface area contributed by atoms with Gasteiger partial charge in [0.05, 0.1) is 11.7 Å². The molecule has 3 rings (SSSR count). The highest BCUT2D eigenvalue weighted by molar-refractivity contribution is 9.10. The number of hydrogen-bond acceptors (Lipinski definition) is 1. The highest BCUT2D eigenvalue weighted by Gasteiger charge is 2.32. The molecule has 1 saturated carbocycles. The molecule has 4 heteroatoms. The van der Waals surface area contributed by atoms with E-state index in [-0.39, 0.29) is 17.7 Å². The molecule has 2 aromatic carbocycles. The van der Waals surface area contributed by atoms with Crippen LogP contribution in [0.4, 0.5) is 14.5 Å². The van der Waals surface area contributed by atoms with Gasteiger partial charge in [-0.1, -0.05) is 28.1 Å². The molecule has 1 atom stereocenters. The number of hydrogen-bond donors (Lipinski definition) is 1. The van der Waals surface area contributed by atoms with Crippen LogP contribution in [0.25, 0.3) is 0 Å². The largest absolute Gasteiger partial charge is 0.376 e. The van der Waals surface area contributed by atoms with Crippen LogP contribution in [0, 0.1) is 17.6 Å². The molecule has 0 aliphatic heterocycles. The second-order valence-corrected chi connectivity index (χ2v) is 6.05. The maximum Gasteiger partial charge on any atom is 0.147 e. The predicted octanol–water partition coefficient (Wildman–Crippen LogP) is 5.29. The van der Waals surface area contributed by atoms with Crippen LogP contribution >= 0.6 is 15.9 Å². The highest BCUT2D eigenvalue weighted by Crippen LogP contribution is 2.43. The van der Waals surface area contributed by atoms with Gasteiger partial charge >= 0.3 is 0 Å². The quantitative estimate of drug-likeness (QED) is 0.799. The van der Waals surface area contributed by atoms with Crippen molar-refractivity contribution in [3.63, 3.8) is 0 Å². The highest BCUT2D eigenvalue weighted by atomic mass is 79.9. The van der Waals surface area contributed by atoms with Crippen molar-refractivity contribution >= 4 is 21.6 Å². The summed E-state index contributed by atoms with van der Waals surface area (Å²) in [6.07, 6.45) is 2.24. The zero-order valence-corrected chi connectivity index (χ0v) is 12.3. The van der Waals surface area contributed by atoms with E-state index < -0.39 is 0 Å². The lowest BCUT2D eigenvalue weighted by molar-refractivity contribution is 0.611. The van der Waals surface area contributed by atoms with E-state index in [0.717, 1.165) is 18.4 Å². The fourth-order valence-corrected chi connectivity index (χ4v) is 2.68. The summed E-state index contributed by atoms with van der Waals surface area (Å²) in [5.41, 5.74) is 1.48. The molecular formula is C16H14BrF2N.